The number of carbonyl (C=O) groups excluding carboxylic acids is 2. The Kier molecular flexibility index (Phi) is 6.20. The molecule has 2 heterocycles. The third kappa shape index (κ3) is 4.93. The van der Waals surface area contributed by atoms with E-state index in [2.05, 4.69) is 32.3 Å². The minimum atomic E-state index is -0.554. The Morgan fingerprint density at radius 3 is 2.30 bits per heavy atom. The Bertz CT molecular complexity index is 963. The summed E-state index contributed by atoms with van der Waals surface area (Å²) < 4.78 is 0. The fraction of sp³-hybridized carbons (Fsp3) is 0.261. The van der Waals surface area contributed by atoms with Crippen LogP contribution in [-0.4, -0.2) is 57.8 Å². The second-order valence-corrected chi connectivity index (χ2v) is 7.35. The molecule has 0 saturated carbocycles. The monoisotopic (exact) mass is 403 g/mol. The number of piperazine rings is 1. The van der Waals surface area contributed by atoms with Crippen molar-refractivity contribution in [3.8, 4) is 11.1 Å². The molecular formula is C23H25N5O2. The van der Waals surface area contributed by atoms with Gasteiger partial charge in [0.05, 0.1) is 6.54 Å². The maximum absolute atomic E-state index is 12.5. The van der Waals surface area contributed by atoms with Crippen LogP contribution in [0.2, 0.25) is 0 Å². The molecule has 1 fully saturated rings. The molecule has 30 heavy (non-hydrogen) atoms. The van der Waals surface area contributed by atoms with Gasteiger partial charge >= 0.3 is 11.8 Å². The van der Waals surface area contributed by atoms with Crippen molar-refractivity contribution in [3.63, 3.8) is 0 Å². The van der Waals surface area contributed by atoms with Crippen LogP contribution >= 0.6 is 0 Å². The van der Waals surface area contributed by atoms with Gasteiger partial charge in [-0.2, -0.15) is 0 Å². The Balaban J connectivity index is 1.23. The molecule has 0 atom stereocenters. The smallest absolute Gasteiger partial charge is 0.311 e. The van der Waals surface area contributed by atoms with Crippen LogP contribution < -0.4 is 5.32 Å². The van der Waals surface area contributed by atoms with Gasteiger partial charge in [-0.1, -0.05) is 54.6 Å². The Labute approximate surface area is 175 Å². The lowest BCUT2D eigenvalue weighted by atomic mass is 10.0. The summed E-state index contributed by atoms with van der Waals surface area (Å²) in [5, 5.41) is 2.74. The Morgan fingerprint density at radius 2 is 1.63 bits per heavy atom. The zero-order valence-corrected chi connectivity index (χ0v) is 16.8. The van der Waals surface area contributed by atoms with Gasteiger partial charge in [0.1, 0.15) is 5.82 Å². The minimum Gasteiger partial charge on any atom is -0.348 e. The van der Waals surface area contributed by atoms with Crippen molar-refractivity contribution in [2.45, 2.75) is 13.1 Å². The van der Waals surface area contributed by atoms with E-state index in [4.69, 9.17) is 0 Å². The fourth-order valence-electron chi connectivity index (χ4n) is 3.55. The van der Waals surface area contributed by atoms with E-state index in [1.54, 1.807) is 17.3 Å². The highest BCUT2D eigenvalue weighted by atomic mass is 16.2. The van der Waals surface area contributed by atoms with Crippen LogP contribution in [0.15, 0.2) is 67.0 Å². The average Bonchev–Trinajstić information content (AvgIpc) is 3.31. The molecule has 0 spiro atoms. The first-order valence-corrected chi connectivity index (χ1v) is 10.1. The number of hydrogen-bond acceptors (Lipinski definition) is 4. The van der Waals surface area contributed by atoms with E-state index in [1.165, 1.54) is 0 Å². The van der Waals surface area contributed by atoms with Crippen LogP contribution in [0, 0.1) is 0 Å². The largest absolute Gasteiger partial charge is 0.348 e. The predicted octanol–water partition coefficient (Wildman–Crippen LogP) is 2.04. The summed E-state index contributed by atoms with van der Waals surface area (Å²) >= 11 is 0. The summed E-state index contributed by atoms with van der Waals surface area (Å²) in [6.07, 6.45) is 3.53. The topological polar surface area (TPSA) is 81.3 Å². The van der Waals surface area contributed by atoms with E-state index in [0.29, 0.717) is 19.6 Å². The zero-order chi connectivity index (χ0) is 20.8. The summed E-state index contributed by atoms with van der Waals surface area (Å²) in [5.41, 5.74) is 3.22. The van der Waals surface area contributed by atoms with E-state index in [1.807, 2.05) is 42.5 Å². The molecule has 1 aliphatic rings. The van der Waals surface area contributed by atoms with Crippen molar-refractivity contribution in [1.29, 1.82) is 0 Å². The van der Waals surface area contributed by atoms with Crippen LogP contribution in [0.25, 0.3) is 11.1 Å². The molecule has 7 heteroatoms. The van der Waals surface area contributed by atoms with E-state index < -0.39 is 11.8 Å². The van der Waals surface area contributed by atoms with Crippen LogP contribution in [0.1, 0.15) is 11.4 Å². The summed E-state index contributed by atoms with van der Waals surface area (Å²) in [5.74, 6) is -0.110. The number of nitrogens with zero attached hydrogens (tertiary/aromatic N) is 3. The van der Waals surface area contributed by atoms with Gasteiger partial charge in [0.25, 0.3) is 0 Å². The molecule has 2 N–H and O–H groups in total. The zero-order valence-electron chi connectivity index (χ0n) is 16.8. The SMILES string of the molecule is O=C(NCc1ccc(-c2ccccc2)cc1)C(=O)N1CCN(Cc2ncc[nH]2)CC1. The lowest BCUT2D eigenvalue weighted by molar-refractivity contribution is -0.147. The Morgan fingerprint density at radius 1 is 0.933 bits per heavy atom. The molecule has 2 amide bonds. The molecule has 154 valence electrons. The molecule has 0 aliphatic carbocycles. The molecule has 0 bridgehead atoms. The number of aromatic nitrogens is 2. The molecule has 1 aromatic heterocycles. The maximum Gasteiger partial charge on any atom is 0.311 e. The number of rotatable bonds is 5. The lowest BCUT2D eigenvalue weighted by Crippen LogP contribution is -2.52. The first kappa shape index (κ1) is 19.8. The van der Waals surface area contributed by atoms with Crippen molar-refractivity contribution < 1.29 is 9.59 Å². The number of amides is 2. The number of benzene rings is 2. The number of hydrogen-bond donors (Lipinski definition) is 2. The van der Waals surface area contributed by atoms with Gasteiger partial charge in [-0.3, -0.25) is 14.5 Å². The molecule has 0 radical (unpaired) electrons. The van der Waals surface area contributed by atoms with Crippen molar-refractivity contribution in [2.75, 3.05) is 26.2 Å². The van der Waals surface area contributed by atoms with Gasteiger partial charge in [-0.05, 0) is 16.7 Å². The maximum atomic E-state index is 12.5. The van der Waals surface area contributed by atoms with Gasteiger partial charge in [0, 0.05) is 45.1 Å². The van der Waals surface area contributed by atoms with E-state index in [9.17, 15) is 9.59 Å². The van der Waals surface area contributed by atoms with Crippen molar-refractivity contribution in [3.05, 3.63) is 78.4 Å². The first-order valence-electron chi connectivity index (χ1n) is 10.1. The minimum absolute atomic E-state index is 0.331. The second-order valence-electron chi connectivity index (χ2n) is 7.35. The number of H-pyrrole nitrogens is 1. The van der Waals surface area contributed by atoms with Gasteiger partial charge in [-0.15, -0.1) is 0 Å². The fourth-order valence-corrected chi connectivity index (χ4v) is 3.55. The molecule has 2 aromatic carbocycles. The van der Waals surface area contributed by atoms with E-state index in [0.717, 1.165) is 42.1 Å². The normalized spacial score (nSPS) is 14.5. The van der Waals surface area contributed by atoms with Gasteiger partial charge < -0.3 is 15.2 Å². The summed E-state index contributed by atoms with van der Waals surface area (Å²) in [4.78, 5) is 35.9. The lowest BCUT2D eigenvalue weighted by Gasteiger charge is -2.33. The van der Waals surface area contributed by atoms with Crippen molar-refractivity contribution in [1.82, 2.24) is 25.1 Å². The third-order valence-corrected chi connectivity index (χ3v) is 5.30. The predicted molar refractivity (Wildman–Crippen MR) is 114 cm³/mol. The quantitative estimate of drug-likeness (QED) is 0.639. The van der Waals surface area contributed by atoms with Crippen molar-refractivity contribution in [2.24, 2.45) is 0 Å². The molecule has 1 aliphatic heterocycles. The molecule has 3 aromatic rings. The van der Waals surface area contributed by atoms with Crippen LogP contribution in [0.5, 0.6) is 0 Å². The van der Waals surface area contributed by atoms with E-state index in [-0.39, 0.29) is 0 Å². The highest BCUT2D eigenvalue weighted by Crippen LogP contribution is 2.19. The number of aromatic amines is 1. The van der Waals surface area contributed by atoms with Crippen LogP contribution in [0.3, 0.4) is 0 Å². The average molecular weight is 403 g/mol. The van der Waals surface area contributed by atoms with Gasteiger partial charge in [0.2, 0.25) is 0 Å². The molecular weight excluding hydrogens is 378 g/mol. The molecule has 0 unspecified atom stereocenters. The molecule has 7 nitrogen and oxygen atoms in total. The highest BCUT2D eigenvalue weighted by molar-refractivity contribution is 6.35. The summed E-state index contributed by atoms with van der Waals surface area (Å²) in [6, 6.07) is 18.1. The van der Waals surface area contributed by atoms with Crippen molar-refractivity contribution >= 4 is 11.8 Å². The highest BCUT2D eigenvalue weighted by Gasteiger charge is 2.26. The van der Waals surface area contributed by atoms with Gasteiger partial charge in [0.15, 0.2) is 0 Å². The molecule has 4 rings (SSSR count). The number of carbonyl (C=O) groups is 2. The summed E-state index contributed by atoms with van der Waals surface area (Å²) in [6.45, 7) is 3.58. The standard InChI is InChI=1S/C23H25N5O2/c29-22(23(30)28-14-12-27(13-15-28)17-21-24-10-11-25-21)26-16-18-6-8-20(9-7-18)19-4-2-1-3-5-19/h1-11H,12-17H2,(H,24,25)(H,26,29). The first-order chi connectivity index (χ1) is 14.7. The summed E-state index contributed by atoms with van der Waals surface area (Å²) in [7, 11) is 0. The molecule has 1 saturated heterocycles. The van der Waals surface area contributed by atoms with E-state index >= 15 is 0 Å². The number of imidazole rings is 1. The van der Waals surface area contributed by atoms with Gasteiger partial charge in [-0.25, -0.2) is 4.98 Å². The van der Waals surface area contributed by atoms with Crippen LogP contribution in [-0.2, 0) is 22.7 Å². The van der Waals surface area contributed by atoms with Crippen LogP contribution in [0.4, 0.5) is 0 Å². The third-order valence-electron chi connectivity index (χ3n) is 5.30. The second kappa shape index (κ2) is 9.37. The number of nitrogens with one attached hydrogen (secondary N) is 2. The Hall–Kier alpha value is -3.45.